The molecule has 0 aliphatic rings. The second-order valence-electron chi connectivity index (χ2n) is 3.65. The van der Waals surface area contributed by atoms with Gasteiger partial charge in [0, 0.05) is 5.54 Å². The molecule has 0 bridgehead atoms. The molecule has 0 radical (unpaired) electrons. The molecule has 1 aromatic rings. The predicted molar refractivity (Wildman–Crippen MR) is 55.1 cm³/mol. The summed E-state index contributed by atoms with van der Waals surface area (Å²) in [4.78, 5) is 7.76. The summed E-state index contributed by atoms with van der Waals surface area (Å²) in [6.45, 7) is 4.28. The lowest BCUT2D eigenvalue weighted by Crippen LogP contribution is -2.41. The Hall–Kier alpha value is -1.67. The largest absolute Gasteiger partial charge is 0.475 e. The molecular formula is C10H14N4O. The summed E-state index contributed by atoms with van der Waals surface area (Å²) >= 11 is 0. The molecule has 1 aromatic heterocycles. The molecule has 5 heteroatoms. The van der Waals surface area contributed by atoms with Crippen LogP contribution in [0.25, 0.3) is 0 Å². The van der Waals surface area contributed by atoms with Gasteiger partial charge in [-0.2, -0.15) is 5.26 Å². The summed E-state index contributed by atoms with van der Waals surface area (Å²) in [6.07, 6.45) is 3.61. The Morgan fingerprint density at radius 2 is 2.27 bits per heavy atom. The molecule has 1 rings (SSSR count). The van der Waals surface area contributed by atoms with E-state index < -0.39 is 0 Å². The van der Waals surface area contributed by atoms with E-state index in [1.54, 1.807) is 0 Å². The van der Waals surface area contributed by atoms with Crippen LogP contribution in [0.1, 0.15) is 26.0 Å². The molecule has 0 amide bonds. The van der Waals surface area contributed by atoms with Crippen LogP contribution in [0.4, 0.5) is 0 Å². The van der Waals surface area contributed by atoms with Gasteiger partial charge in [0.25, 0.3) is 0 Å². The molecule has 0 saturated heterocycles. The number of rotatable bonds is 4. The number of hydrogen-bond acceptors (Lipinski definition) is 5. The molecule has 5 nitrogen and oxygen atoms in total. The molecule has 0 aromatic carbocycles. The Morgan fingerprint density at radius 1 is 1.53 bits per heavy atom. The van der Waals surface area contributed by atoms with Crippen molar-refractivity contribution in [3.8, 4) is 11.9 Å². The molecular weight excluding hydrogens is 192 g/mol. The van der Waals surface area contributed by atoms with Gasteiger partial charge in [-0.3, -0.25) is 0 Å². The lowest BCUT2D eigenvalue weighted by molar-refractivity contribution is 0.218. The predicted octanol–water partition coefficient (Wildman–Crippen LogP) is 0.854. The molecule has 0 aliphatic carbocycles. The standard InChI is InChI=1S/C10H14N4O/c1-3-10(2,12)7-15-9-6-13-8(4-11)5-14-9/h5-6H,3,7,12H2,1-2H3. The molecule has 15 heavy (non-hydrogen) atoms. The third-order valence-electron chi connectivity index (χ3n) is 2.10. The summed E-state index contributed by atoms with van der Waals surface area (Å²) in [5.41, 5.74) is 5.80. The van der Waals surface area contributed by atoms with Crippen LogP contribution in [0.3, 0.4) is 0 Å². The van der Waals surface area contributed by atoms with E-state index in [1.165, 1.54) is 12.4 Å². The summed E-state index contributed by atoms with van der Waals surface area (Å²) in [5, 5.41) is 8.51. The topological polar surface area (TPSA) is 84.8 Å². The number of nitriles is 1. The van der Waals surface area contributed by atoms with Crippen molar-refractivity contribution in [2.45, 2.75) is 25.8 Å². The average molecular weight is 206 g/mol. The minimum atomic E-state index is -0.365. The third kappa shape index (κ3) is 3.52. The van der Waals surface area contributed by atoms with Crippen LogP contribution >= 0.6 is 0 Å². The first-order valence-corrected chi connectivity index (χ1v) is 4.71. The number of nitrogens with zero attached hydrogens (tertiary/aromatic N) is 3. The highest BCUT2D eigenvalue weighted by Gasteiger charge is 2.16. The van der Waals surface area contributed by atoms with E-state index >= 15 is 0 Å². The average Bonchev–Trinajstić information content (AvgIpc) is 2.27. The Kier molecular flexibility index (Phi) is 3.58. The molecule has 2 N–H and O–H groups in total. The fourth-order valence-electron chi connectivity index (χ4n) is 0.789. The Bertz CT molecular complexity index is 353. The quantitative estimate of drug-likeness (QED) is 0.789. The molecule has 0 fully saturated rings. The fourth-order valence-corrected chi connectivity index (χ4v) is 0.789. The summed E-state index contributed by atoms with van der Waals surface area (Å²) in [7, 11) is 0. The highest BCUT2D eigenvalue weighted by atomic mass is 16.5. The van der Waals surface area contributed by atoms with Gasteiger partial charge in [0.1, 0.15) is 12.7 Å². The molecule has 0 saturated carbocycles. The van der Waals surface area contributed by atoms with Crippen molar-refractivity contribution in [2.24, 2.45) is 5.73 Å². The Labute approximate surface area is 88.9 Å². The van der Waals surface area contributed by atoms with Gasteiger partial charge in [0.05, 0.1) is 12.4 Å². The lowest BCUT2D eigenvalue weighted by atomic mass is 10.0. The van der Waals surface area contributed by atoms with Gasteiger partial charge in [0.2, 0.25) is 5.88 Å². The molecule has 0 aliphatic heterocycles. The van der Waals surface area contributed by atoms with Gasteiger partial charge >= 0.3 is 0 Å². The van der Waals surface area contributed by atoms with Crippen molar-refractivity contribution in [2.75, 3.05) is 6.61 Å². The summed E-state index contributed by atoms with van der Waals surface area (Å²) in [5.74, 6) is 0.388. The normalized spacial score (nSPS) is 14.0. The number of aromatic nitrogens is 2. The second-order valence-corrected chi connectivity index (χ2v) is 3.65. The summed E-state index contributed by atoms with van der Waals surface area (Å²) in [6, 6.07) is 1.88. The van der Waals surface area contributed by atoms with Crippen molar-refractivity contribution >= 4 is 0 Å². The van der Waals surface area contributed by atoms with Crippen LogP contribution in [-0.4, -0.2) is 22.1 Å². The maximum atomic E-state index is 8.51. The first kappa shape index (κ1) is 11.4. The van der Waals surface area contributed by atoms with Crippen LogP contribution < -0.4 is 10.5 Å². The minimum absolute atomic E-state index is 0.272. The first-order chi connectivity index (χ1) is 7.07. The van der Waals surface area contributed by atoms with Gasteiger partial charge in [-0.05, 0) is 13.3 Å². The van der Waals surface area contributed by atoms with E-state index in [0.29, 0.717) is 12.5 Å². The van der Waals surface area contributed by atoms with E-state index in [0.717, 1.165) is 6.42 Å². The smallest absolute Gasteiger partial charge is 0.232 e. The lowest BCUT2D eigenvalue weighted by Gasteiger charge is -2.21. The van der Waals surface area contributed by atoms with Crippen molar-refractivity contribution in [3.63, 3.8) is 0 Å². The molecule has 1 atom stereocenters. The second kappa shape index (κ2) is 4.71. The number of hydrogen-bond donors (Lipinski definition) is 1. The van der Waals surface area contributed by atoms with Gasteiger partial charge in [-0.15, -0.1) is 0 Å². The van der Waals surface area contributed by atoms with Crippen LogP contribution in [0.5, 0.6) is 5.88 Å². The highest BCUT2D eigenvalue weighted by Crippen LogP contribution is 2.09. The van der Waals surface area contributed by atoms with E-state index in [9.17, 15) is 0 Å². The third-order valence-corrected chi connectivity index (χ3v) is 2.10. The monoisotopic (exact) mass is 206 g/mol. The minimum Gasteiger partial charge on any atom is -0.475 e. The van der Waals surface area contributed by atoms with Crippen LogP contribution in [0.2, 0.25) is 0 Å². The summed E-state index contributed by atoms with van der Waals surface area (Å²) < 4.78 is 5.35. The first-order valence-electron chi connectivity index (χ1n) is 4.71. The van der Waals surface area contributed by atoms with Crippen molar-refractivity contribution in [1.29, 1.82) is 5.26 Å². The van der Waals surface area contributed by atoms with Crippen LogP contribution in [-0.2, 0) is 0 Å². The van der Waals surface area contributed by atoms with Gasteiger partial charge in [0.15, 0.2) is 5.69 Å². The Morgan fingerprint density at radius 3 is 2.73 bits per heavy atom. The van der Waals surface area contributed by atoms with E-state index in [2.05, 4.69) is 9.97 Å². The molecule has 0 spiro atoms. The maximum Gasteiger partial charge on any atom is 0.232 e. The fraction of sp³-hybridized carbons (Fsp3) is 0.500. The van der Waals surface area contributed by atoms with Crippen molar-refractivity contribution in [3.05, 3.63) is 18.1 Å². The van der Waals surface area contributed by atoms with Crippen molar-refractivity contribution < 1.29 is 4.74 Å². The highest BCUT2D eigenvalue weighted by molar-refractivity contribution is 5.18. The van der Waals surface area contributed by atoms with Gasteiger partial charge < -0.3 is 10.5 Å². The van der Waals surface area contributed by atoms with Crippen LogP contribution in [0.15, 0.2) is 12.4 Å². The van der Waals surface area contributed by atoms with Gasteiger partial charge in [-0.1, -0.05) is 6.92 Å². The number of nitrogens with two attached hydrogens (primary N) is 1. The van der Waals surface area contributed by atoms with E-state index in [4.69, 9.17) is 15.7 Å². The molecule has 1 unspecified atom stereocenters. The zero-order valence-electron chi connectivity index (χ0n) is 8.90. The van der Waals surface area contributed by atoms with Crippen LogP contribution in [0, 0.1) is 11.3 Å². The van der Waals surface area contributed by atoms with E-state index in [-0.39, 0.29) is 11.2 Å². The maximum absolute atomic E-state index is 8.51. The SMILES string of the molecule is CCC(C)(N)COc1cnc(C#N)cn1. The zero-order chi connectivity index (χ0) is 11.3. The zero-order valence-corrected chi connectivity index (χ0v) is 8.90. The van der Waals surface area contributed by atoms with Gasteiger partial charge in [-0.25, -0.2) is 9.97 Å². The number of ether oxygens (including phenoxy) is 1. The molecule has 80 valence electrons. The molecule has 1 heterocycles. The van der Waals surface area contributed by atoms with E-state index in [1.807, 2.05) is 19.9 Å². The Balaban J connectivity index is 2.56. The van der Waals surface area contributed by atoms with Crippen molar-refractivity contribution in [1.82, 2.24) is 9.97 Å².